The van der Waals surface area contributed by atoms with Crippen LogP contribution >= 0.6 is 11.6 Å². The molecule has 0 bridgehead atoms. The number of carboxylic acid groups (broad SMARTS) is 1. The van der Waals surface area contributed by atoms with Crippen molar-refractivity contribution in [2.24, 2.45) is 5.16 Å². The number of nitrogens with zero attached hydrogens (tertiary/aromatic N) is 2. The number of oxime groups is 1. The number of aliphatic carboxylic acids is 1. The second-order valence-electron chi connectivity index (χ2n) is 7.20. The molecule has 0 amide bonds. The van der Waals surface area contributed by atoms with E-state index in [0.29, 0.717) is 23.9 Å². The lowest BCUT2D eigenvalue weighted by molar-refractivity contribution is -0.142. The molecule has 7 heteroatoms. The summed E-state index contributed by atoms with van der Waals surface area (Å²) in [5, 5.41) is 14.1. The summed E-state index contributed by atoms with van der Waals surface area (Å²) in [6.45, 7) is 0.582. The predicted octanol–water partition coefficient (Wildman–Crippen LogP) is 5.36. The molecule has 4 aromatic rings. The van der Waals surface area contributed by atoms with Crippen molar-refractivity contribution >= 4 is 34.7 Å². The Balaban J connectivity index is 1.61. The summed E-state index contributed by atoms with van der Waals surface area (Å²) in [5.41, 5.74) is 3.94. The second-order valence-corrected chi connectivity index (χ2v) is 7.63. The molecule has 0 saturated carbocycles. The molecule has 4 rings (SSSR count). The lowest BCUT2D eigenvalue weighted by Gasteiger charge is -2.09. The Morgan fingerprint density at radius 3 is 2.62 bits per heavy atom. The fourth-order valence-corrected chi connectivity index (χ4v) is 3.60. The largest absolute Gasteiger partial charge is 0.489 e. The van der Waals surface area contributed by atoms with Gasteiger partial charge in [0.2, 0.25) is 6.61 Å². The van der Waals surface area contributed by atoms with Gasteiger partial charge in [-0.05, 0) is 41.5 Å². The molecule has 0 aliphatic heterocycles. The molecule has 1 aromatic heterocycles. The van der Waals surface area contributed by atoms with Crippen molar-refractivity contribution in [2.45, 2.75) is 13.2 Å². The third-order valence-corrected chi connectivity index (χ3v) is 5.06. The van der Waals surface area contributed by atoms with E-state index in [1.807, 2.05) is 66.9 Å². The Labute approximate surface area is 190 Å². The van der Waals surface area contributed by atoms with E-state index < -0.39 is 12.6 Å². The maximum atomic E-state index is 10.7. The van der Waals surface area contributed by atoms with Gasteiger partial charge in [0.15, 0.2) is 0 Å². The van der Waals surface area contributed by atoms with Crippen LogP contribution in [0.1, 0.15) is 16.7 Å². The van der Waals surface area contributed by atoms with Gasteiger partial charge in [0.05, 0.1) is 6.21 Å². The summed E-state index contributed by atoms with van der Waals surface area (Å²) >= 11 is 6.05. The van der Waals surface area contributed by atoms with E-state index in [2.05, 4.69) is 21.9 Å². The topological polar surface area (TPSA) is 73.0 Å². The van der Waals surface area contributed by atoms with Crippen LogP contribution in [-0.2, 0) is 22.8 Å². The molecule has 0 saturated heterocycles. The van der Waals surface area contributed by atoms with Crippen molar-refractivity contribution in [3.8, 4) is 5.75 Å². The van der Waals surface area contributed by atoms with Gasteiger partial charge in [-0.1, -0.05) is 59.2 Å². The molecular weight excluding hydrogens is 428 g/mol. The molecule has 0 radical (unpaired) electrons. The van der Waals surface area contributed by atoms with Gasteiger partial charge in [-0.15, -0.1) is 0 Å². The van der Waals surface area contributed by atoms with Crippen molar-refractivity contribution < 1.29 is 19.5 Å². The smallest absolute Gasteiger partial charge is 0.344 e. The number of aromatic nitrogens is 1. The van der Waals surface area contributed by atoms with Crippen molar-refractivity contribution in [3.05, 3.63) is 101 Å². The zero-order chi connectivity index (χ0) is 22.3. The molecule has 0 aliphatic rings. The number of carbonyl (C=O) groups is 1. The number of rotatable bonds is 9. The summed E-state index contributed by atoms with van der Waals surface area (Å²) in [4.78, 5) is 15.5. The molecule has 6 nitrogen and oxygen atoms in total. The van der Waals surface area contributed by atoms with Crippen LogP contribution < -0.4 is 4.74 Å². The maximum absolute atomic E-state index is 10.7. The second kappa shape index (κ2) is 10.0. The molecule has 0 fully saturated rings. The number of hydrogen-bond donors (Lipinski definition) is 1. The van der Waals surface area contributed by atoms with Gasteiger partial charge < -0.3 is 19.2 Å². The van der Waals surface area contributed by atoms with Crippen molar-refractivity contribution in [1.82, 2.24) is 4.57 Å². The fourth-order valence-electron chi connectivity index (χ4n) is 3.39. The highest BCUT2D eigenvalue weighted by molar-refractivity contribution is 6.30. The first-order chi connectivity index (χ1) is 15.6. The van der Waals surface area contributed by atoms with Crippen LogP contribution in [0.25, 0.3) is 10.9 Å². The Bertz CT molecular complexity index is 1250. The Morgan fingerprint density at radius 2 is 1.84 bits per heavy atom. The van der Waals surface area contributed by atoms with E-state index in [-0.39, 0.29) is 0 Å². The number of fused-ring (bicyclic) bond motifs is 1. The normalized spacial score (nSPS) is 11.2. The average Bonchev–Trinajstić information content (AvgIpc) is 3.12. The highest BCUT2D eigenvalue weighted by Crippen LogP contribution is 2.27. The summed E-state index contributed by atoms with van der Waals surface area (Å²) < 4.78 is 8.09. The van der Waals surface area contributed by atoms with Crippen LogP contribution in [0.15, 0.2) is 84.1 Å². The lowest BCUT2D eigenvalue weighted by atomic mass is 10.2. The Hall–Kier alpha value is -3.77. The van der Waals surface area contributed by atoms with Gasteiger partial charge in [0.1, 0.15) is 12.4 Å². The van der Waals surface area contributed by atoms with Crippen LogP contribution in [0.4, 0.5) is 0 Å². The van der Waals surface area contributed by atoms with E-state index in [0.717, 1.165) is 27.6 Å². The zero-order valence-corrected chi connectivity index (χ0v) is 17.9. The van der Waals surface area contributed by atoms with Gasteiger partial charge in [0.25, 0.3) is 0 Å². The van der Waals surface area contributed by atoms with E-state index in [4.69, 9.17) is 26.3 Å². The van der Waals surface area contributed by atoms with Gasteiger partial charge in [-0.2, -0.15) is 0 Å². The minimum Gasteiger partial charge on any atom is -0.489 e. The van der Waals surface area contributed by atoms with E-state index in [1.54, 1.807) is 0 Å². The van der Waals surface area contributed by atoms with Gasteiger partial charge in [0, 0.05) is 34.2 Å². The van der Waals surface area contributed by atoms with Crippen LogP contribution in [0, 0.1) is 0 Å². The first kappa shape index (κ1) is 21.5. The summed E-state index contributed by atoms with van der Waals surface area (Å²) in [6.07, 6.45) is 3.49. The number of hydrogen-bond acceptors (Lipinski definition) is 4. The number of halogens is 1. The molecule has 1 heterocycles. The quantitative estimate of drug-likeness (QED) is 0.276. The van der Waals surface area contributed by atoms with Gasteiger partial charge in [-0.3, -0.25) is 0 Å². The first-order valence-electron chi connectivity index (χ1n) is 10.00. The SMILES string of the molecule is O=C(O)CO/N=C/c1cn(Cc2ccccc2)c2ccc(OCc3cccc(Cl)c3)cc12. The van der Waals surface area contributed by atoms with Gasteiger partial charge >= 0.3 is 5.97 Å². The minimum atomic E-state index is -1.08. The Kier molecular flexibility index (Phi) is 6.72. The maximum Gasteiger partial charge on any atom is 0.344 e. The molecule has 1 N–H and O–H groups in total. The highest BCUT2D eigenvalue weighted by atomic mass is 35.5. The number of benzene rings is 3. The summed E-state index contributed by atoms with van der Waals surface area (Å²) in [6, 6.07) is 23.5. The van der Waals surface area contributed by atoms with Gasteiger partial charge in [-0.25, -0.2) is 4.79 Å². The van der Waals surface area contributed by atoms with Crippen LogP contribution in [-0.4, -0.2) is 28.5 Å². The minimum absolute atomic E-state index is 0.391. The third kappa shape index (κ3) is 5.47. The summed E-state index contributed by atoms with van der Waals surface area (Å²) in [5.74, 6) is -0.374. The van der Waals surface area contributed by atoms with Crippen LogP contribution in [0.3, 0.4) is 0 Å². The Morgan fingerprint density at radius 1 is 1.03 bits per heavy atom. The average molecular weight is 449 g/mol. The van der Waals surface area contributed by atoms with Crippen molar-refractivity contribution in [2.75, 3.05) is 6.61 Å². The van der Waals surface area contributed by atoms with Crippen LogP contribution in [0.2, 0.25) is 5.02 Å². The molecule has 0 spiro atoms. The number of carboxylic acids is 1. The molecule has 0 aliphatic carbocycles. The predicted molar refractivity (Wildman–Crippen MR) is 124 cm³/mol. The monoisotopic (exact) mass is 448 g/mol. The summed E-state index contributed by atoms with van der Waals surface area (Å²) in [7, 11) is 0. The first-order valence-corrected chi connectivity index (χ1v) is 10.4. The van der Waals surface area contributed by atoms with Crippen molar-refractivity contribution in [1.29, 1.82) is 0 Å². The molecule has 0 unspecified atom stereocenters. The number of ether oxygens (including phenoxy) is 1. The van der Waals surface area contributed by atoms with Crippen LogP contribution in [0.5, 0.6) is 5.75 Å². The van der Waals surface area contributed by atoms with E-state index >= 15 is 0 Å². The van der Waals surface area contributed by atoms with E-state index in [1.165, 1.54) is 6.21 Å². The van der Waals surface area contributed by atoms with E-state index in [9.17, 15) is 4.79 Å². The molecule has 0 atom stereocenters. The highest BCUT2D eigenvalue weighted by Gasteiger charge is 2.10. The molecule has 3 aromatic carbocycles. The molecule has 162 valence electrons. The molecule has 32 heavy (non-hydrogen) atoms. The third-order valence-electron chi connectivity index (χ3n) is 4.83. The lowest BCUT2D eigenvalue weighted by Crippen LogP contribution is -2.03. The fraction of sp³-hybridized carbons (Fsp3) is 0.120. The zero-order valence-electron chi connectivity index (χ0n) is 17.1. The van der Waals surface area contributed by atoms with Crippen molar-refractivity contribution in [3.63, 3.8) is 0 Å². The standard InChI is InChI=1S/C25H21ClN2O4/c26-21-8-4-7-19(11-21)16-31-22-9-10-24-23(12-22)20(13-27-32-17-25(29)30)15-28(24)14-18-5-2-1-3-6-18/h1-13,15H,14,16-17H2,(H,29,30)/b27-13+. The molecular formula is C25H21ClN2O4.